The number of para-hydroxylation sites is 1. The highest BCUT2D eigenvalue weighted by Crippen LogP contribution is 2.39. The number of rotatable bonds is 6. The predicted molar refractivity (Wildman–Crippen MR) is 88.2 cm³/mol. The van der Waals surface area contributed by atoms with E-state index in [1.807, 2.05) is 6.07 Å². The highest BCUT2D eigenvalue weighted by molar-refractivity contribution is 9.09. The average Bonchev–Trinajstić information content (AvgIpc) is 2.53. The first kappa shape index (κ1) is 15.4. The summed E-state index contributed by atoms with van der Waals surface area (Å²) in [4.78, 5) is 2.40. The van der Waals surface area contributed by atoms with Crippen molar-refractivity contribution in [2.24, 2.45) is 5.41 Å². The van der Waals surface area contributed by atoms with Gasteiger partial charge in [0, 0.05) is 24.1 Å². The zero-order chi connectivity index (χ0) is 14.3. The van der Waals surface area contributed by atoms with Crippen LogP contribution in [0.1, 0.15) is 38.5 Å². The van der Waals surface area contributed by atoms with Crippen LogP contribution in [-0.2, 0) is 0 Å². The molecule has 2 rings (SSSR count). The smallest absolute Gasteiger partial charge is 0.0640 e. The predicted octanol–water partition coefficient (Wildman–Crippen LogP) is 4.75. The lowest BCUT2D eigenvalue weighted by molar-refractivity contribution is 0.229. The van der Waals surface area contributed by atoms with Gasteiger partial charge in [0.05, 0.1) is 12.5 Å². The van der Waals surface area contributed by atoms with Crippen molar-refractivity contribution >= 4 is 21.6 Å². The maximum Gasteiger partial charge on any atom is 0.0640 e. The Kier molecular flexibility index (Phi) is 5.91. The Balaban J connectivity index is 2.12. The molecule has 0 heterocycles. The maximum atomic E-state index is 8.90. The number of benzene rings is 1. The highest BCUT2D eigenvalue weighted by atomic mass is 79.9. The molecule has 0 spiro atoms. The van der Waals surface area contributed by atoms with Gasteiger partial charge in [0.15, 0.2) is 0 Å². The van der Waals surface area contributed by atoms with E-state index in [0.717, 1.165) is 18.4 Å². The molecule has 0 aromatic heterocycles. The summed E-state index contributed by atoms with van der Waals surface area (Å²) in [7, 11) is 0. The van der Waals surface area contributed by atoms with Crippen molar-refractivity contribution in [3.63, 3.8) is 0 Å². The van der Waals surface area contributed by atoms with Crippen LogP contribution in [0.2, 0.25) is 0 Å². The molecule has 0 aliphatic heterocycles. The number of anilines is 1. The summed E-state index contributed by atoms with van der Waals surface area (Å²) in [5, 5.41) is 9.97. The minimum atomic E-state index is 0.379. The van der Waals surface area contributed by atoms with Crippen LogP contribution in [0.25, 0.3) is 0 Å². The van der Waals surface area contributed by atoms with Crippen LogP contribution < -0.4 is 4.90 Å². The number of hydrogen-bond donors (Lipinski definition) is 0. The summed E-state index contributed by atoms with van der Waals surface area (Å²) in [5.41, 5.74) is 1.62. The number of nitrogens with zero attached hydrogens (tertiary/aromatic N) is 2. The van der Waals surface area contributed by atoms with Crippen LogP contribution in [0.4, 0.5) is 5.69 Å². The molecule has 0 radical (unpaired) electrons. The van der Waals surface area contributed by atoms with Gasteiger partial charge in [-0.1, -0.05) is 53.4 Å². The number of hydrogen-bond acceptors (Lipinski definition) is 2. The number of nitriles is 1. The molecular formula is C17H23BrN2. The normalized spacial score (nSPS) is 17.4. The van der Waals surface area contributed by atoms with Gasteiger partial charge in [0.1, 0.15) is 0 Å². The lowest BCUT2D eigenvalue weighted by Crippen LogP contribution is -2.41. The van der Waals surface area contributed by atoms with Gasteiger partial charge in [-0.25, -0.2) is 0 Å². The van der Waals surface area contributed by atoms with Crippen molar-refractivity contribution < 1.29 is 0 Å². The topological polar surface area (TPSA) is 27.0 Å². The Morgan fingerprint density at radius 1 is 1.15 bits per heavy atom. The van der Waals surface area contributed by atoms with Crippen molar-refractivity contribution in [2.45, 2.75) is 38.5 Å². The summed E-state index contributed by atoms with van der Waals surface area (Å²) in [6, 6.07) is 12.8. The minimum Gasteiger partial charge on any atom is -0.370 e. The first-order chi connectivity index (χ1) is 9.79. The van der Waals surface area contributed by atoms with Crippen LogP contribution in [-0.4, -0.2) is 18.4 Å². The SMILES string of the molecule is N#CCCN(CC1(CBr)CCCCC1)c1ccccc1. The Labute approximate surface area is 130 Å². The molecule has 0 bridgehead atoms. The first-order valence-corrected chi connectivity index (χ1v) is 8.65. The number of halogens is 1. The molecule has 3 heteroatoms. The molecule has 2 nitrogen and oxygen atoms in total. The van der Waals surface area contributed by atoms with Crippen molar-refractivity contribution in [1.29, 1.82) is 5.26 Å². The van der Waals surface area contributed by atoms with Gasteiger partial charge in [-0.3, -0.25) is 0 Å². The third-order valence-electron chi connectivity index (χ3n) is 4.34. The fourth-order valence-electron chi connectivity index (χ4n) is 3.16. The molecule has 1 aliphatic carbocycles. The zero-order valence-electron chi connectivity index (χ0n) is 12.0. The minimum absolute atomic E-state index is 0.379. The molecule has 1 aliphatic rings. The van der Waals surface area contributed by atoms with Gasteiger partial charge in [0.2, 0.25) is 0 Å². The molecule has 1 fully saturated rings. The van der Waals surface area contributed by atoms with E-state index in [4.69, 9.17) is 5.26 Å². The maximum absolute atomic E-state index is 8.90. The third-order valence-corrected chi connectivity index (χ3v) is 5.53. The molecule has 108 valence electrons. The molecule has 0 N–H and O–H groups in total. The molecule has 0 unspecified atom stereocenters. The largest absolute Gasteiger partial charge is 0.370 e. The first-order valence-electron chi connectivity index (χ1n) is 7.53. The van der Waals surface area contributed by atoms with Crippen LogP contribution in [0.15, 0.2) is 30.3 Å². The summed E-state index contributed by atoms with van der Waals surface area (Å²) in [5.74, 6) is 0. The zero-order valence-corrected chi connectivity index (χ0v) is 13.6. The average molecular weight is 335 g/mol. The van der Waals surface area contributed by atoms with Gasteiger partial charge in [-0.2, -0.15) is 5.26 Å². The fraction of sp³-hybridized carbons (Fsp3) is 0.588. The van der Waals surface area contributed by atoms with Gasteiger partial charge >= 0.3 is 0 Å². The van der Waals surface area contributed by atoms with Gasteiger partial charge in [0.25, 0.3) is 0 Å². The second kappa shape index (κ2) is 7.69. The molecule has 0 saturated heterocycles. The van der Waals surface area contributed by atoms with Crippen molar-refractivity contribution in [2.75, 3.05) is 23.3 Å². The van der Waals surface area contributed by atoms with E-state index in [-0.39, 0.29) is 0 Å². The second-order valence-electron chi connectivity index (χ2n) is 5.86. The summed E-state index contributed by atoms with van der Waals surface area (Å²) >= 11 is 3.75. The molecular weight excluding hydrogens is 312 g/mol. The second-order valence-corrected chi connectivity index (χ2v) is 6.42. The molecule has 20 heavy (non-hydrogen) atoms. The molecule has 1 aromatic rings. The van der Waals surface area contributed by atoms with Crippen LogP contribution >= 0.6 is 15.9 Å². The standard InChI is InChI=1S/C17H23BrN2/c18-14-17(10-5-2-6-11-17)15-20(13-7-12-19)16-8-3-1-4-9-16/h1,3-4,8-9H,2,5-7,10-11,13-15H2. The van der Waals surface area contributed by atoms with Crippen LogP contribution in [0, 0.1) is 16.7 Å². The Morgan fingerprint density at radius 3 is 2.45 bits per heavy atom. The molecule has 1 aromatic carbocycles. The van der Waals surface area contributed by atoms with Crippen molar-refractivity contribution in [1.82, 2.24) is 0 Å². The summed E-state index contributed by atoms with van der Waals surface area (Å²) in [6.07, 6.45) is 7.24. The van der Waals surface area contributed by atoms with Crippen molar-refractivity contribution in [3.05, 3.63) is 30.3 Å². The number of alkyl halides is 1. The van der Waals surface area contributed by atoms with E-state index >= 15 is 0 Å². The van der Waals surface area contributed by atoms with Gasteiger partial charge in [-0.15, -0.1) is 0 Å². The molecule has 1 saturated carbocycles. The lowest BCUT2D eigenvalue weighted by Gasteiger charge is -2.40. The summed E-state index contributed by atoms with van der Waals surface area (Å²) < 4.78 is 0. The summed E-state index contributed by atoms with van der Waals surface area (Å²) in [6.45, 7) is 1.89. The van der Waals surface area contributed by atoms with Crippen LogP contribution in [0.5, 0.6) is 0 Å². The monoisotopic (exact) mass is 334 g/mol. The van der Waals surface area contributed by atoms with Crippen LogP contribution in [0.3, 0.4) is 0 Å². The van der Waals surface area contributed by atoms with Gasteiger partial charge < -0.3 is 4.90 Å². The fourth-order valence-corrected chi connectivity index (χ4v) is 3.90. The van der Waals surface area contributed by atoms with Gasteiger partial charge in [-0.05, 0) is 30.4 Å². The lowest BCUT2D eigenvalue weighted by atomic mass is 9.75. The third kappa shape index (κ3) is 3.99. The van der Waals surface area contributed by atoms with E-state index in [1.165, 1.54) is 37.8 Å². The Morgan fingerprint density at radius 2 is 1.85 bits per heavy atom. The van der Waals surface area contributed by atoms with E-state index < -0.39 is 0 Å². The van der Waals surface area contributed by atoms with E-state index in [9.17, 15) is 0 Å². The van der Waals surface area contributed by atoms with E-state index in [1.54, 1.807) is 0 Å². The highest BCUT2D eigenvalue weighted by Gasteiger charge is 2.33. The van der Waals surface area contributed by atoms with Crippen molar-refractivity contribution in [3.8, 4) is 6.07 Å². The molecule has 0 atom stereocenters. The molecule has 0 amide bonds. The van der Waals surface area contributed by atoms with E-state index in [0.29, 0.717) is 11.8 Å². The van der Waals surface area contributed by atoms with E-state index in [2.05, 4.69) is 51.2 Å². The quantitative estimate of drug-likeness (QED) is 0.701. The Bertz CT molecular complexity index is 432. The Hall–Kier alpha value is -1.01.